The largest absolute Gasteiger partial charge is 0.389 e. The van der Waals surface area contributed by atoms with Gasteiger partial charge >= 0.3 is 0 Å². The van der Waals surface area contributed by atoms with Gasteiger partial charge in [-0.2, -0.15) is 0 Å². The highest BCUT2D eigenvalue weighted by atomic mass is 16.3. The van der Waals surface area contributed by atoms with Crippen LogP contribution in [0.2, 0.25) is 0 Å². The van der Waals surface area contributed by atoms with Crippen molar-refractivity contribution in [3.63, 3.8) is 0 Å². The second-order valence-corrected chi connectivity index (χ2v) is 3.43. The number of allylic oxidation sites excluding steroid dienone is 1. The molecule has 1 unspecified atom stereocenters. The van der Waals surface area contributed by atoms with Crippen LogP contribution in [0, 0.1) is 0 Å². The van der Waals surface area contributed by atoms with Crippen LogP contribution in [0.3, 0.4) is 0 Å². The Balaban J connectivity index is 2.03. The standard InChI is InChI=1S/C11H13NO/c13-11-5-4-9(8-11)7-10-3-1-2-6-12-10/h1-3,6,8,11,13H,4-5,7H2. The molecular formula is C11H13NO. The minimum absolute atomic E-state index is 0.223. The summed E-state index contributed by atoms with van der Waals surface area (Å²) in [7, 11) is 0. The first-order valence-corrected chi connectivity index (χ1v) is 4.62. The molecule has 1 heterocycles. The number of aliphatic hydroxyl groups is 1. The maximum atomic E-state index is 9.28. The second kappa shape index (κ2) is 3.71. The van der Waals surface area contributed by atoms with Crippen molar-refractivity contribution in [1.82, 2.24) is 4.98 Å². The summed E-state index contributed by atoms with van der Waals surface area (Å²) in [4.78, 5) is 4.24. The van der Waals surface area contributed by atoms with Crippen molar-refractivity contribution in [1.29, 1.82) is 0 Å². The number of aliphatic hydroxyl groups excluding tert-OH is 1. The maximum absolute atomic E-state index is 9.28. The van der Waals surface area contributed by atoms with Crippen molar-refractivity contribution in [3.8, 4) is 0 Å². The molecule has 1 atom stereocenters. The number of nitrogens with zero attached hydrogens (tertiary/aromatic N) is 1. The van der Waals surface area contributed by atoms with Crippen molar-refractivity contribution in [2.24, 2.45) is 0 Å². The van der Waals surface area contributed by atoms with Crippen molar-refractivity contribution in [2.75, 3.05) is 0 Å². The number of hydrogen-bond donors (Lipinski definition) is 1. The summed E-state index contributed by atoms with van der Waals surface area (Å²) in [5.74, 6) is 0. The van der Waals surface area contributed by atoms with E-state index in [1.165, 1.54) is 5.57 Å². The van der Waals surface area contributed by atoms with Gasteiger partial charge in [0.05, 0.1) is 6.10 Å². The molecule has 0 spiro atoms. The van der Waals surface area contributed by atoms with Gasteiger partial charge in [0, 0.05) is 18.3 Å². The van der Waals surface area contributed by atoms with Crippen LogP contribution in [0.4, 0.5) is 0 Å². The SMILES string of the molecule is OC1C=C(Cc2ccccn2)CC1. The third kappa shape index (κ3) is 2.16. The fourth-order valence-electron chi connectivity index (χ4n) is 1.65. The van der Waals surface area contributed by atoms with Crippen molar-refractivity contribution in [3.05, 3.63) is 41.7 Å². The molecule has 1 aromatic rings. The van der Waals surface area contributed by atoms with E-state index < -0.39 is 0 Å². The van der Waals surface area contributed by atoms with Gasteiger partial charge in [-0.15, -0.1) is 0 Å². The van der Waals surface area contributed by atoms with Gasteiger partial charge in [-0.05, 0) is 25.0 Å². The molecular weight excluding hydrogens is 162 g/mol. The molecule has 0 bridgehead atoms. The van der Waals surface area contributed by atoms with Gasteiger partial charge in [0.2, 0.25) is 0 Å². The number of aromatic nitrogens is 1. The van der Waals surface area contributed by atoms with Crippen LogP contribution in [0.25, 0.3) is 0 Å². The van der Waals surface area contributed by atoms with Crippen LogP contribution < -0.4 is 0 Å². The zero-order chi connectivity index (χ0) is 9.10. The van der Waals surface area contributed by atoms with E-state index in [0.29, 0.717) is 0 Å². The van der Waals surface area contributed by atoms with Gasteiger partial charge in [0.1, 0.15) is 0 Å². The molecule has 0 aromatic carbocycles. The zero-order valence-corrected chi connectivity index (χ0v) is 7.48. The molecule has 13 heavy (non-hydrogen) atoms. The predicted molar refractivity (Wildman–Crippen MR) is 51.3 cm³/mol. The predicted octanol–water partition coefficient (Wildman–Crippen LogP) is 1.71. The maximum Gasteiger partial charge on any atom is 0.0726 e. The molecule has 2 heteroatoms. The summed E-state index contributed by atoms with van der Waals surface area (Å²) in [6, 6.07) is 5.93. The Labute approximate surface area is 77.9 Å². The highest BCUT2D eigenvalue weighted by Crippen LogP contribution is 2.21. The quantitative estimate of drug-likeness (QED) is 0.694. The number of rotatable bonds is 2. The first-order valence-electron chi connectivity index (χ1n) is 4.62. The lowest BCUT2D eigenvalue weighted by atomic mass is 10.1. The minimum atomic E-state index is -0.223. The van der Waals surface area contributed by atoms with Crippen LogP contribution in [-0.4, -0.2) is 16.2 Å². The number of hydrogen-bond acceptors (Lipinski definition) is 2. The Hall–Kier alpha value is -1.15. The lowest BCUT2D eigenvalue weighted by Gasteiger charge is -1.99. The Morgan fingerprint density at radius 1 is 1.46 bits per heavy atom. The monoisotopic (exact) mass is 175 g/mol. The average Bonchev–Trinajstić information content (AvgIpc) is 2.53. The van der Waals surface area contributed by atoms with Gasteiger partial charge in [-0.1, -0.05) is 17.7 Å². The van der Waals surface area contributed by atoms with Crippen molar-refractivity contribution in [2.45, 2.75) is 25.4 Å². The summed E-state index contributed by atoms with van der Waals surface area (Å²) < 4.78 is 0. The summed E-state index contributed by atoms with van der Waals surface area (Å²) >= 11 is 0. The Kier molecular flexibility index (Phi) is 2.41. The lowest BCUT2D eigenvalue weighted by Crippen LogP contribution is -1.93. The molecule has 2 nitrogen and oxygen atoms in total. The molecule has 0 fully saturated rings. The normalized spacial score (nSPS) is 21.6. The average molecular weight is 175 g/mol. The molecule has 0 saturated carbocycles. The van der Waals surface area contributed by atoms with E-state index in [-0.39, 0.29) is 6.10 Å². The minimum Gasteiger partial charge on any atom is -0.389 e. The van der Waals surface area contributed by atoms with E-state index in [1.807, 2.05) is 24.3 Å². The van der Waals surface area contributed by atoms with Crippen LogP contribution in [-0.2, 0) is 6.42 Å². The van der Waals surface area contributed by atoms with Gasteiger partial charge in [-0.25, -0.2) is 0 Å². The molecule has 68 valence electrons. The first-order chi connectivity index (χ1) is 6.34. The molecule has 1 N–H and O–H groups in total. The van der Waals surface area contributed by atoms with Gasteiger partial charge in [0.15, 0.2) is 0 Å². The molecule has 0 aliphatic heterocycles. The summed E-state index contributed by atoms with van der Waals surface area (Å²) in [6.45, 7) is 0. The van der Waals surface area contributed by atoms with Gasteiger partial charge in [-0.3, -0.25) is 4.98 Å². The molecule has 1 aromatic heterocycles. The van der Waals surface area contributed by atoms with Crippen LogP contribution in [0.5, 0.6) is 0 Å². The molecule has 1 aliphatic rings. The van der Waals surface area contributed by atoms with E-state index in [4.69, 9.17) is 0 Å². The lowest BCUT2D eigenvalue weighted by molar-refractivity contribution is 0.223. The molecule has 1 aliphatic carbocycles. The van der Waals surface area contributed by atoms with E-state index in [1.54, 1.807) is 6.20 Å². The Morgan fingerprint density at radius 3 is 3.00 bits per heavy atom. The molecule has 0 radical (unpaired) electrons. The van der Waals surface area contributed by atoms with E-state index in [9.17, 15) is 5.11 Å². The van der Waals surface area contributed by atoms with E-state index in [0.717, 1.165) is 25.0 Å². The van der Waals surface area contributed by atoms with Crippen LogP contribution in [0.1, 0.15) is 18.5 Å². The highest BCUT2D eigenvalue weighted by Gasteiger charge is 2.12. The Morgan fingerprint density at radius 2 is 2.38 bits per heavy atom. The van der Waals surface area contributed by atoms with E-state index in [2.05, 4.69) is 4.98 Å². The zero-order valence-electron chi connectivity index (χ0n) is 7.48. The summed E-state index contributed by atoms with van der Waals surface area (Å²) in [5.41, 5.74) is 2.40. The first kappa shape index (κ1) is 8.45. The summed E-state index contributed by atoms with van der Waals surface area (Å²) in [6.07, 6.45) is 6.31. The third-order valence-corrected chi connectivity index (χ3v) is 2.32. The van der Waals surface area contributed by atoms with E-state index >= 15 is 0 Å². The smallest absolute Gasteiger partial charge is 0.0726 e. The molecule has 0 amide bonds. The molecule has 0 saturated heterocycles. The second-order valence-electron chi connectivity index (χ2n) is 3.43. The van der Waals surface area contributed by atoms with Crippen molar-refractivity contribution >= 4 is 0 Å². The van der Waals surface area contributed by atoms with Gasteiger partial charge < -0.3 is 5.11 Å². The van der Waals surface area contributed by atoms with Crippen molar-refractivity contribution < 1.29 is 5.11 Å². The fourth-order valence-corrected chi connectivity index (χ4v) is 1.65. The fraction of sp³-hybridized carbons (Fsp3) is 0.364. The van der Waals surface area contributed by atoms with Crippen LogP contribution >= 0.6 is 0 Å². The Bertz CT molecular complexity index is 305. The van der Waals surface area contributed by atoms with Crippen LogP contribution in [0.15, 0.2) is 36.0 Å². The third-order valence-electron chi connectivity index (χ3n) is 2.32. The molecule has 2 rings (SSSR count). The summed E-state index contributed by atoms with van der Waals surface area (Å²) in [5, 5.41) is 9.28. The van der Waals surface area contributed by atoms with Gasteiger partial charge in [0.25, 0.3) is 0 Å². The highest BCUT2D eigenvalue weighted by molar-refractivity contribution is 5.19. The number of pyridine rings is 1. The topological polar surface area (TPSA) is 33.1 Å².